The molecule has 1 heterocycles. The summed E-state index contributed by atoms with van der Waals surface area (Å²) in [7, 11) is 2.02. The number of carbonyl (C=O) groups is 1. The van der Waals surface area contributed by atoms with Crippen molar-refractivity contribution in [1.82, 2.24) is 4.90 Å². The highest BCUT2D eigenvalue weighted by Crippen LogP contribution is 2.20. The smallest absolute Gasteiger partial charge is 0.306 e. The van der Waals surface area contributed by atoms with Gasteiger partial charge in [0, 0.05) is 13.1 Å². The molecule has 13 heavy (non-hydrogen) atoms. The summed E-state index contributed by atoms with van der Waals surface area (Å²) in [6.45, 7) is 7.90. The predicted molar refractivity (Wildman–Crippen MR) is 51.4 cm³/mol. The van der Waals surface area contributed by atoms with Crippen molar-refractivity contribution < 1.29 is 9.53 Å². The topological polar surface area (TPSA) is 29.5 Å². The lowest BCUT2D eigenvalue weighted by Gasteiger charge is -2.35. The molecule has 1 saturated heterocycles. The van der Waals surface area contributed by atoms with E-state index in [0.29, 0.717) is 6.42 Å². The van der Waals surface area contributed by atoms with Crippen LogP contribution in [0.3, 0.4) is 0 Å². The molecule has 0 aromatic rings. The molecule has 76 valence electrons. The van der Waals surface area contributed by atoms with Gasteiger partial charge in [0.2, 0.25) is 0 Å². The van der Waals surface area contributed by atoms with Gasteiger partial charge >= 0.3 is 5.97 Å². The highest BCUT2D eigenvalue weighted by molar-refractivity contribution is 5.70. The fraction of sp³-hybridized carbons (Fsp3) is 0.900. The summed E-state index contributed by atoms with van der Waals surface area (Å²) in [6, 6.07) is 0. The lowest BCUT2D eigenvalue weighted by Crippen LogP contribution is -2.50. The van der Waals surface area contributed by atoms with Gasteiger partial charge in [-0.2, -0.15) is 0 Å². The molecule has 1 aliphatic heterocycles. The third-order valence-electron chi connectivity index (χ3n) is 2.00. The Bertz CT molecular complexity index is 190. The van der Waals surface area contributed by atoms with Crippen LogP contribution in [0.5, 0.6) is 0 Å². The van der Waals surface area contributed by atoms with Gasteiger partial charge in [-0.05, 0) is 12.5 Å². The van der Waals surface area contributed by atoms with Gasteiger partial charge < -0.3 is 4.74 Å². The van der Waals surface area contributed by atoms with E-state index in [1.807, 2.05) is 27.8 Å². The minimum absolute atomic E-state index is 0.0345. The molecule has 0 aromatic heterocycles. The first kappa shape index (κ1) is 10.5. The monoisotopic (exact) mass is 185 g/mol. The first-order valence-corrected chi connectivity index (χ1v) is 4.75. The van der Waals surface area contributed by atoms with Crippen LogP contribution in [0.1, 0.15) is 27.2 Å². The number of esters is 1. The Kier molecular flexibility index (Phi) is 2.96. The van der Waals surface area contributed by atoms with Gasteiger partial charge in [0.05, 0.1) is 6.42 Å². The molecule has 3 heteroatoms. The van der Waals surface area contributed by atoms with Crippen LogP contribution in [0.25, 0.3) is 0 Å². The van der Waals surface area contributed by atoms with Crippen LogP contribution >= 0.6 is 0 Å². The standard InChI is InChI=1S/C10H19NO2/c1-10(2,3)5-9(12)13-8-6-11(4)7-8/h8H,5-7H2,1-4H3. The quantitative estimate of drug-likeness (QED) is 0.607. The summed E-state index contributed by atoms with van der Waals surface area (Å²) >= 11 is 0. The van der Waals surface area contributed by atoms with Crippen LogP contribution in [0.2, 0.25) is 0 Å². The second-order valence-corrected chi connectivity index (χ2v) is 5.07. The highest BCUT2D eigenvalue weighted by atomic mass is 16.5. The molecule has 0 spiro atoms. The maximum atomic E-state index is 11.3. The van der Waals surface area contributed by atoms with Crippen LogP contribution in [0, 0.1) is 5.41 Å². The molecule has 0 unspecified atom stereocenters. The SMILES string of the molecule is CN1CC(OC(=O)CC(C)(C)C)C1. The van der Waals surface area contributed by atoms with Crippen LogP contribution < -0.4 is 0 Å². The molecule has 0 saturated carbocycles. The fourth-order valence-electron chi connectivity index (χ4n) is 1.38. The van der Waals surface area contributed by atoms with Crippen molar-refractivity contribution in [3.8, 4) is 0 Å². The Hall–Kier alpha value is -0.570. The second kappa shape index (κ2) is 3.66. The van der Waals surface area contributed by atoms with Gasteiger partial charge in [-0.3, -0.25) is 9.69 Å². The largest absolute Gasteiger partial charge is 0.460 e. The van der Waals surface area contributed by atoms with E-state index in [0.717, 1.165) is 13.1 Å². The number of likely N-dealkylation sites (tertiary alicyclic amines) is 1. The third kappa shape index (κ3) is 3.77. The average molecular weight is 185 g/mol. The van der Waals surface area contributed by atoms with Gasteiger partial charge in [0.1, 0.15) is 6.10 Å². The summed E-state index contributed by atoms with van der Waals surface area (Å²) < 4.78 is 5.25. The number of likely N-dealkylation sites (N-methyl/N-ethyl adjacent to an activating group) is 1. The maximum absolute atomic E-state index is 11.3. The zero-order chi connectivity index (χ0) is 10.1. The number of ether oxygens (including phenoxy) is 1. The molecule has 0 aliphatic carbocycles. The van der Waals surface area contributed by atoms with Gasteiger partial charge in [0.15, 0.2) is 0 Å². The lowest BCUT2D eigenvalue weighted by molar-refractivity contribution is -0.158. The van der Waals surface area contributed by atoms with Crippen molar-refractivity contribution >= 4 is 5.97 Å². The van der Waals surface area contributed by atoms with E-state index in [1.54, 1.807) is 0 Å². The molecule has 1 rings (SSSR count). The first-order valence-electron chi connectivity index (χ1n) is 4.75. The maximum Gasteiger partial charge on any atom is 0.306 e. The molecular weight excluding hydrogens is 166 g/mol. The minimum Gasteiger partial charge on any atom is -0.460 e. The number of hydrogen-bond acceptors (Lipinski definition) is 3. The summed E-state index contributed by atoms with van der Waals surface area (Å²) in [5.41, 5.74) is 0.0345. The Labute approximate surface area is 80.1 Å². The van der Waals surface area contributed by atoms with Crippen molar-refractivity contribution in [1.29, 1.82) is 0 Å². The Morgan fingerprint density at radius 1 is 1.46 bits per heavy atom. The predicted octanol–water partition coefficient (Wildman–Crippen LogP) is 1.28. The molecular formula is C10H19NO2. The Morgan fingerprint density at radius 3 is 2.38 bits per heavy atom. The zero-order valence-electron chi connectivity index (χ0n) is 8.96. The molecule has 1 fully saturated rings. The lowest BCUT2D eigenvalue weighted by atomic mass is 9.92. The Balaban J connectivity index is 2.19. The summed E-state index contributed by atoms with van der Waals surface area (Å²) in [6.07, 6.45) is 0.646. The second-order valence-electron chi connectivity index (χ2n) is 5.07. The Morgan fingerprint density at radius 2 is 2.00 bits per heavy atom. The molecule has 0 bridgehead atoms. The zero-order valence-corrected chi connectivity index (χ0v) is 8.96. The van der Waals surface area contributed by atoms with Crippen molar-refractivity contribution in [3.63, 3.8) is 0 Å². The summed E-state index contributed by atoms with van der Waals surface area (Å²) in [4.78, 5) is 13.5. The van der Waals surface area contributed by atoms with Crippen molar-refractivity contribution in [2.45, 2.75) is 33.3 Å². The van der Waals surface area contributed by atoms with E-state index < -0.39 is 0 Å². The third-order valence-corrected chi connectivity index (χ3v) is 2.00. The van der Waals surface area contributed by atoms with Gasteiger partial charge in [0.25, 0.3) is 0 Å². The van der Waals surface area contributed by atoms with Crippen molar-refractivity contribution in [3.05, 3.63) is 0 Å². The average Bonchev–Trinajstić information content (AvgIpc) is 1.79. The van der Waals surface area contributed by atoms with Crippen LogP contribution in [0.15, 0.2) is 0 Å². The number of hydrogen-bond donors (Lipinski definition) is 0. The minimum atomic E-state index is -0.0643. The van der Waals surface area contributed by atoms with Gasteiger partial charge in [-0.15, -0.1) is 0 Å². The van der Waals surface area contributed by atoms with Crippen LogP contribution in [-0.2, 0) is 9.53 Å². The number of carbonyl (C=O) groups excluding carboxylic acids is 1. The first-order chi connectivity index (χ1) is 5.87. The summed E-state index contributed by atoms with van der Waals surface area (Å²) in [5, 5.41) is 0. The molecule has 3 nitrogen and oxygen atoms in total. The van der Waals surface area contributed by atoms with Crippen LogP contribution in [-0.4, -0.2) is 37.1 Å². The van der Waals surface area contributed by atoms with Crippen LogP contribution in [0.4, 0.5) is 0 Å². The van der Waals surface area contributed by atoms with E-state index in [4.69, 9.17) is 4.74 Å². The number of nitrogens with zero attached hydrogens (tertiary/aromatic N) is 1. The highest BCUT2D eigenvalue weighted by Gasteiger charge is 2.28. The van der Waals surface area contributed by atoms with Crippen molar-refractivity contribution in [2.75, 3.05) is 20.1 Å². The van der Waals surface area contributed by atoms with E-state index >= 15 is 0 Å². The normalized spacial score (nSPS) is 19.7. The van der Waals surface area contributed by atoms with E-state index in [1.165, 1.54) is 0 Å². The molecule has 0 N–H and O–H groups in total. The fourth-order valence-corrected chi connectivity index (χ4v) is 1.38. The summed E-state index contributed by atoms with van der Waals surface area (Å²) in [5.74, 6) is -0.0643. The van der Waals surface area contributed by atoms with E-state index in [-0.39, 0.29) is 17.5 Å². The van der Waals surface area contributed by atoms with E-state index in [9.17, 15) is 4.79 Å². The van der Waals surface area contributed by atoms with Gasteiger partial charge in [-0.25, -0.2) is 0 Å². The number of rotatable bonds is 2. The molecule has 0 amide bonds. The molecule has 0 radical (unpaired) electrons. The van der Waals surface area contributed by atoms with Crippen molar-refractivity contribution in [2.24, 2.45) is 5.41 Å². The molecule has 0 aromatic carbocycles. The molecule has 0 atom stereocenters. The van der Waals surface area contributed by atoms with E-state index in [2.05, 4.69) is 4.90 Å². The molecule has 1 aliphatic rings. The van der Waals surface area contributed by atoms with Gasteiger partial charge in [-0.1, -0.05) is 20.8 Å².